The maximum atomic E-state index is 12.6. The van der Waals surface area contributed by atoms with Crippen LogP contribution in [0.4, 0.5) is 0 Å². The molecule has 2 aromatic carbocycles. The molecule has 0 radical (unpaired) electrons. The van der Waals surface area contributed by atoms with E-state index < -0.39 is 0 Å². The molecule has 25 heavy (non-hydrogen) atoms. The van der Waals surface area contributed by atoms with E-state index in [4.69, 9.17) is 9.47 Å². The third-order valence-corrected chi connectivity index (χ3v) is 4.64. The molecule has 0 saturated carbocycles. The summed E-state index contributed by atoms with van der Waals surface area (Å²) in [6.45, 7) is 1.72. The highest BCUT2D eigenvalue weighted by molar-refractivity contribution is 5.94. The number of hydrogen-bond acceptors (Lipinski definition) is 3. The predicted molar refractivity (Wildman–Crippen MR) is 95.9 cm³/mol. The van der Waals surface area contributed by atoms with Crippen LogP contribution < -0.4 is 4.74 Å². The molecule has 2 heterocycles. The molecule has 1 aliphatic heterocycles. The number of carbonyl (C=O) groups excluding carboxylic acids is 1. The number of hydrogen-bond donors (Lipinski definition) is 1. The summed E-state index contributed by atoms with van der Waals surface area (Å²) < 4.78 is 11.2. The number of benzene rings is 2. The fourth-order valence-corrected chi connectivity index (χ4v) is 3.24. The van der Waals surface area contributed by atoms with E-state index >= 15 is 0 Å². The number of rotatable bonds is 3. The lowest BCUT2D eigenvalue weighted by atomic mass is 10.0. The number of morpholine rings is 1. The van der Waals surface area contributed by atoms with Gasteiger partial charge in [0, 0.05) is 18.9 Å². The molecule has 0 aliphatic carbocycles. The number of amides is 1. The van der Waals surface area contributed by atoms with Crippen LogP contribution in [0.15, 0.2) is 54.9 Å². The summed E-state index contributed by atoms with van der Waals surface area (Å²) in [6, 6.07) is 14.1. The van der Waals surface area contributed by atoms with Crippen LogP contribution in [0.2, 0.25) is 0 Å². The number of methoxy groups -OCH3 is 1. The van der Waals surface area contributed by atoms with Crippen LogP contribution >= 0.6 is 0 Å². The first kappa shape index (κ1) is 15.7. The van der Waals surface area contributed by atoms with E-state index in [1.165, 1.54) is 0 Å². The average Bonchev–Trinajstić information content (AvgIpc) is 3.21. The first-order chi connectivity index (χ1) is 12.2. The molecule has 1 unspecified atom stereocenters. The second kappa shape index (κ2) is 6.61. The van der Waals surface area contributed by atoms with Crippen molar-refractivity contribution in [3.63, 3.8) is 0 Å². The molecule has 0 bridgehead atoms. The number of aromatic amines is 1. The molecule has 3 aromatic rings. The van der Waals surface area contributed by atoms with Crippen LogP contribution in [0.5, 0.6) is 5.75 Å². The van der Waals surface area contributed by atoms with E-state index in [0.29, 0.717) is 25.3 Å². The number of fused-ring (bicyclic) bond motifs is 1. The van der Waals surface area contributed by atoms with E-state index in [1.807, 2.05) is 23.1 Å². The number of nitrogens with one attached hydrogen (secondary N) is 1. The Hall–Kier alpha value is -2.79. The van der Waals surface area contributed by atoms with Crippen LogP contribution in [0.3, 0.4) is 0 Å². The molecule has 1 aliphatic rings. The van der Waals surface area contributed by atoms with Crippen molar-refractivity contribution in [1.82, 2.24) is 9.88 Å². The zero-order chi connectivity index (χ0) is 17.2. The maximum absolute atomic E-state index is 12.6. The Kier molecular flexibility index (Phi) is 4.15. The number of nitrogens with zero attached hydrogens (tertiary/aromatic N) is 1. The summed E-state index contributed by atoms with van der Waals surface area (Å²) in [5, 5.41) is 2.26. The van der Waals surface area contributed by atoms with Gasteiger partial charge in [0.05, 0.1) is 25.8 Å². The average molecular weight is 336 g/mol. The van der Waals surface area contributed by atoms with Gasteiger partial charge < -0.3 is 19.4 Å². The van der Waals surface area contributed by atoms with Crippen LogP contribution in [0, 0.1) is 0 Å². The Balaban J connectivity index is 1.56. The highest BCUT2D eigenvalue weighted by atomic mass is 16.5. The summed E-state index contributed by atoms with van der Waals surface area (Å²) in [4.78, 5) is 17.3. The Morgan fingerprint density at radius 3 is 2.84 bits per heavy atom. The standard InChI is InChI=1S/C20H20N2O3/c1-24-18-5-4-14-10-16(3-2-15(14)11-18)19-13-22(8-9-25-19)20(23)17-6-7-21-12-17/h2-7,10-12,19,21H,8-9,13H2,1H3. The highest BCUT2D eigenvalue weighted by Gasteiger charge is 2.26. The number of aromatic nitrogens is 1. The lowest BCUT2D eigenvalue weighted by molar-refractivity contribution is -0.0227. The van der Waals surface area contributed by atoms with E-state index in [9.17, 15) is 4.79 Å². The molecule has 1 amide bonds. The fraction of sp³-hybridized carbons (Fsp3) is 0.250. The predicted octanol–water partition coefficient (Wildman–Crippen LogP) is 3.39. The van der Waals surface area contributed by atoms with E-state index in [0.717, 1.165) is 22.1 Å². The van der Waals surface area contributed by atoms with Gasteiger partial charge in [0.25, 0.3) is 5.91 Å². The molecule has 5 nitrogen and oxygen atoms in total. The number of carbonyl (C=O) groups is 1. The Bertz CT molecular complexity index is 889. The van der Waals surface area contributed by atoms with Crippen molar-refractivity contribution in [2.45, 2.75) is 6.10 Å². The molecular weight excluding hydrogens is 316 g/mol. The largest absolute Gasteiger partial charge is 0.497 e. The van der Waals surface area contributed by atoms with Crippen molar-refractivity contribution in [2.75, 3.05) is 26.8 Å². The van der Waals surface area contributed by atoms with E-state index in [1.54, 1.807) is 25.6 Å². The van der Waals surface area contributed by atoms with Gasteiger partial charge in [-0.2, -0.15) is 0 Å². The molecule has 4 rings (SSSR count). The number of H-pyrrole nitrogens is 1. The lowest BCUT2D eigenvalue weighted by Crippen LogP contribution is -2.42. The van der Waals surface area contributed by atoms with Crippen molar-refractivity contribution in [2.24, 2.45) is 0 Å². The van der Waals surface area contributed by atoms with E-state index in [-0.39, 0.29) is 12.0 Å². The van der Waals surface area contributed by atoms with Crippen molar-refractivity contribution in [3.8, 4) is 5.75 Å². The van der Waals surface area contributed by atoms with Crippen molar-refractivity contribution >= 4 is 16.7 Å². The van der Waals surface area contributed by atoms with Crippen molar-refractivity contribution in [3.05, 3.63) is 66.0 Å². The minimum absolute atomic E-state index is 0.0417. The summed E-state index contributed by atoms with van der Waals surface area (Å²) in [5.41, 5.74) is 1.77. The van der Waals surface area contributed by atoms with Gasteiger partial charge in [-0.15, -0.1) is 0 Å². The first-order valence-corrected chi connectivity index (χ1v) is 8.36. The van der Waals surface area contributed by atoms with Crippen LogP contribution in [0.1, 0.15) is 22.0 Å². The van der Waals surface area contributed by atoms with Gasteiger partial charge in [0.1, 0.15) is 11.9 Å². The molecule has 128 valence electrons. The van der Waals surface area contributed by atoms with Gasteiger partial charge in [-0.25, -0.2) is 0 Å². The molecular formula is C20H20N2O3. The SMILES string of the molecule is COc1ccc2cc(C3CN(C(=O)c4cc[nH]c4)CCO3)ccc2c1. The van der Waals surface area contributed by atoms with Crippen molar-refractivity contribution in [1.29, 1.82) is 0 Å². The molecule has 1 fully saturated rings. The van der Waals surface area contributed by atoms with Gasteiger partial charge in [-0.05, 0) is 40.6 Å². The molecule has 1 N–H and O–H groups in total. The fourth-order valence-electron chi connectivity index (χ4n) is 3.24. The maximum Gasteiger partial charge on any atom is 0.255 e. The van der Waals surface area contributed by atoms with Gasteiger partial charge in [-0.1, -0.05) is 18.2 Å². The molecule has 1 saturated heterocycles. The summed E-state index contributed by atoms with van der Waals surface area (Å²) in [5.74, 6) is 0.887. The molecule has 1 atom stereocenters. The first-order valence-electron chi connectivity index (χ1n) is 8.36. The molecule has 5 heteroatoms. The Morgan fingerprint density at radius 1 is 1.20 bits per heavy atom. The third kappa shape index (κ3) is 3.10. The van der Waals surface area contributed by atoms with Gasteiger partial charge in [0.2, 0.25) is 0 Å². The Morgan fingerprint density at radius 2 is 2.04 bits per heavy atom. The topological polar surface area (TPSA) is 54.6 Å². The van der Waals surface area contributed by atoms with Gasteiger partial charge in [0.15, 0.2) is 0 Å². The number of ether oxygens (including phenoxy) is 2. The van der Waals surface area contributed by atoms with Crippen LogP contribution in [0.25, 0.3) is 10.8 Å². The third-order valence-electron chi connectivity index (χ3n) is 4.64. The van der Waals surface area contributed by atoms with Gasteiger partial charge >= 0.3 is 0 Å². The normalized spacial score (nSPS) is 17.6. The van der Waals surface area contributed by atoms with E-state index in [2.05, 4.69) is 23.2 Å². The summed E-state index contributed by atoms with van der Waals surface area (Å²) >= 11 is 0. The highest BCUT2D eigenvalue weighted by Crippen LogP contribution is 2.28. The second-order valence-electron chi connectivity index (χ2n) is 6.18. The van der Waals surface area contributed by atoms with Gasteiger partial charge in [-0.3, -0.25) is 4.79 Å². The zero-order valence-electron chi connectivity index (χ0n) is 14.1. The quantitative estimate of drug-likeness (QED) is 0.798. The second-order valence-corrected chi connectivity index (χ2v) is 6.18. The summed E-state index contributed by atoms with van der Waals surface area (Å²) in [7, 11) is 1.67. The smallest absolute Gasteiger partial charge is 0.255 e. The molecule has 1 aromatic heterocycles. The van der Waals surface area contributed by atoms with Crippen molar-refractivity contribution < 1.29 is 14.3 Å². The van der Waals surface area contributed by atoms with Crippen LogP contribution in [-0.4, -0.2) is 42.6 Å². The minimum Gasteiger partial charge on any atom is -0.497 e. The minimum atomic E-state index is -0.108. The monoisotopic (exact) mass is 336 g/mol. The molecule has 0 spiro atoms. The lowest BCUT2D eigenvalue weighted by Gasteiger charge is -2.33. The Labute approximate surface area is 146 Å². The van der Waals surface area contributed by atoms with Crippen LogP contribution in [-0.2, 0) is 4.74 Å². The zero-order valence-corrected chi connectivity index (χ0v) is 14.1. The summed E-state index contributed by atoms with van der Waals surface area (Å²) in [6.07, 6.45) is 3.39.